The van der Waals surface area contributed by atoms with Crippen LogP contribution in [0.15, 0.2) is 17.1 Å². The molecule has 0 bridgehead atoms. The van der Waals surface area contributed by atoms with Crippen molar-refractivity contribution in [3.63, 3.8) is 0 Å². The fourth-order valence-corrected chi connectivity index (χ4v) is 2.37. The monoisotopic (exact) mass is 353 g/mol. The first kappa shape index (κ1) is 20.9. The van der Waals surface area contributed by atoms with Gasteiger partial charge >= 0.3 is 0 Å². The second kappa shape index (κ2) is 12.2. The van der Waals surface area contributed by atoms with E-state index in [1.807, 2.05) is 19.1 Å². The molecule has 0 amide bonds. The summed E-state index contributed by atoms with van der Waals surface area (Å²) in [6, 6.07) is 3.73. The Kier molecular flexibility index (Phi) is 10.2. The minimum Gasteiger partial charge on any atom is -0.496 e. The topological polar surface area (TPSA) is 73.3 Å². The molecular weight excluding hydrogens is 322 g/mol. The van der Waals surface area contributed by atoms with Crippen molar-refractivity contribution in [1.29, 1.82) is 0 Å². The van der Waals surface area contributed by atoms with Crippen LogP contribution in [0.2, 0.25) is 0 Å². The predicted molar refractivity (Wildman–Crippen MR) is 100 cm³/mol. The third-order valence-electron chi connectivity index (χ3n) is 3.61. The minimum absolute atomic E-state index is 0.704. The summed E-state index contributed by atoms with van der Waals surface area (Å²) in [5, 5.41) is 6.57. The van der Waals surface area contributed by atoms with Gasteiger partial charge in [0, 0.05) is 51.0 Å². The highest BCUT2D eigenvalue weighted by molar-refractivity contribution is 5.79. The minimum atomic E-state index is 0.704. The number of methoxy groups -OCH3 is 4. The molecular formula is C18H31N3O4. The van der Waals surface area contributed by atoms with Crippen molar-refractivity contribution < 1.29 is 18.9 Å². The molecule has 0 aliphatic heterocycles. The summed E-state index contributed by atoms with van der Waals surface area (Å²) in [4.78, 5) is 4.53. The van der Waals surface area contributed by atoms with E-state index < -0.39 is 0 Å². The molecule has 0 aliphatic carbocycles. The number of ether oxygens (including phenoxy) is 4. The second-order valence-corrected chi connectivity index (χ2v) is 5.29. The van der Waals surface area contributed by atoms with Crippen LogP contribution in [0.1, 0.15) is 18.9 Å². The fraction of sp³-hybridized carbons (Fsp3) is 0.611. The van der Waals surface area contributed by atoms with Crippen molar-refractivity contribution in [2.75, 3.05) is 54.7 Å². The van der Waals surface area contributed by atoms with E-state index in [1.165, 1.54) is 0 Å². The van der Waals surface area contributed by atoms with Gasteiger partial charge in [-0.1, -0.05) is 0 Å². The lowest BCUT2D eigenvalue weighted by Gasteiger charge is -2.16. The second-order valence-electron chi connectivity index (χ2n) is 5.29. The van der Waals surface area contributed by atoms with E-state index in [9.17, 15) is 0 Å². The Balaban J connectivity index is 2.71. The van der Waals surface area contributed by atoms with Gasteiger partial charge in [-0.2, -0.15) is 0 Å². The molecule has 0 aromatic heterocycles. The number of hydrogen-bond donors (Lipinski definition) is 2. The highest BCUT2D eigenvalue weighted by atomic mass is 16.5. The molecule has 0 aliphatic rings. The maximum absolute atomic E-state index is 5.48. The maximum atomic E-state index is 5.48. The molecule has 142 valence electrons. The van der Waals surface area contributed by atoms with Crippen molar-refractivity contribution in [1.82, 2.24) is 10.6 Å². The summed E-state index contributed by atoms with van der Waals surface area (Å²) in [5.41, 5.74) is 0.994. The van der Waals surface area contributed by atoms with Gasteiger partial charge in [0.15, 0.2) is 5.96 Å². The Bertz CT molecular complexity index is 510. The van der Waals surface area contributed by atoms with E-state index in [0.717, 1.165) is 49.0 Å². The largest absolute Gasteiger partial charge is 0.496 e. The molecule has 2 N–H and O–H groups in total. The zero-order valence-electron chi connectivity index (χ0n) is 16.0. The van der Waals surface area contributed by atoms with Crippen LogP contribution in [0.25, 0.3) is 0 Å². The van der Waals surface area contributed by atoms with Gasteiger partial charge in [-0.15, -0.1) is 0 Å². The summed E-state index contributed by atoms with van der Waals surface area (Å²) in [7, 11) is 6.61. The van der Waals surface area contributed by atoms with Gasteiger partial charge in [-0.05, 0) is 19.8 Å². The molecule has 0 saturated carbocycles. The highest BCUT2D eigenvalue weighted by Gasteiger charge is 2.13. The van der Waals surface area contributed by atoms with E-state index in [2.05, 4.69) is 15.6 Å². The maximum Gasteiger partial charge on any atom is 0.191 e. The lowest BCUT2D eigenvalue weighted by molar-refractivity contribution is 0.197. The predicted octanol–water partition coefficient (Wildman–Crippen LogP) is 1.85. The van der Waals surface area contributed by atoms with Crippen LogP contribution in [0.5, 0.6) is 17.2 Å². The van der Waals surface area contributed by atoms with Crippen LogP contribution in [0, 0.1) is 0 Å². The zero-order valence-corrected chi connectivity index (χ0v) is 16.0. The fourth-order valence-electron chi connectivity index (χ4n) is 2.37. The van der Waals surface area contributed by atoms with Crippen molar-refractivity contribution >= 4 is 5.96 Å². The first-order valence-corrected chi connectivity index (χ1v) is 8.50. The van der Waals surface area contributed by atoms with Crippen molar-refractivity contribution in [3.05, 3.63) is 17.7 Å². The molecule has 7 nitrogen and oxygen atoms in total. The summed E-state index contributed by atoms with van der Waals surface area (Å²) in [6.07, 6.45) is 1.63. The molecule has 7 heteroatoms. The number of aliphatic imine (C=N–C) groups is 1. The molecule has 1 aromatic rings. The van der Waals surface area contributed by atoms with E-state index in [0.29, 0.717) is 18.9 Å². The summed E-state index contributed by atoms with van der Waals surface area (Å²) >= 11 is 0. The average molecular weight is 353 g/mol. The Morgan fingerprint density at radius 1 is 1.00 bits per heavy atom. The smallest absolute Gasteiger partial charge is 0.191 e. The summed E-state index contributed by atoms with van der Waals surface area (Å²) < 4.78 is 21.3. The van der Waals surface area contributed by atoms with Crippen molar-refractivity contribution in [2.24, 2.45) is 4.99 Å². The molecule has 1 aromatic carbocycles. The number of rotatable bonds is 11. The highest BCUT2D eigenvalue weighted by Crippen LogP contribution is 2.34. The van der Waals surface area contributed by atoms with Gasteiger partial charge < -0.3 is 29.6 Å². The first-order valence-electron chi connectivity index (χ1n) is 8.50. The van der Waals surface area contributed by atoms with Gasteiger partial charge in [-0.25, -0.2) is 0 Å². The number of benzene rings is 1. The lowest BCUT2D eigenvalue weighted by Crippen LogP contribution is -2.38. The zero-order chi connectivity index (χ0) is 18.5. The number of guanidine groups is 1. The van der Waals surface area contributed by atoms with Crippen molar-refractivity contribution in [2.45, 2.75) is 19.8 Å². The van der Waals surface area contributed by atoms with E-state index in [4.69, 9.17) is 18.9 Å². The van der Waals surface area contributed by atoms with Crippen LogP contribution in [-0.2, 0) is 11.2 Å². The molecule has 0 radical (unpaired) electrons. The lowest BCUT2D eigenvalue weighted by atomic mass is 10.1. The van der Waals surface area contributed by atoms with Gasteiger partial charge in [0.1, 0.15) is 17.2 Å². The van der Waals surface area contributed by atoms with Gasteiger partial charge in [0.2, 0.25) is 0 Å². The van der Waals surface area contributed by atoms with E-state index in [-0.39, 0.29) is 0 Å². The third kappa shape index (κ3) is 7.09. The standard InChI is InChI=1S/C18H31N3O4/c1-6-19-18(20-9-7-11-22-2)21-10-8-15-16(24-4)12-14(23-3)13-17(15)25-5/h12-13H,6-11H2,1-5H3,(H2,19,20,21). The Labute approximate surface area is 150 Å². The Hall–Kier alpha value is -2.15. The summed E-state index contributed by atoms with van der Waals surface area (Å²) in [6.45, 7) is 4.99. The SMILES string of the molecule is CCNC(=NCCCOC)NCCc1c(OC)cc(OC)cc1OC. The van der Waals surface area contributed by atoms with Crippen LogP contribution >= 0.6 is 0 Å². The average Bonchev–Trinajstić information content (AvgIpc) is 2.64. The van der Waals surface area contributed by atoms with Crippen LogP contribution in [-0.4, -0.2) is 60.6 Å². The number of nitrogens with one attached hydrogen (secondary N) is 2. The number of hydrogen-bond acceptors (Lipinski definition) is 5. The normalized spacial score (nSPS) is 11.2. The molecule has 0 unspecified atom stereocenters. The van der Waals surface area contributed by atoms with Crippen molar-refractivity contribution in [3.8, 4) is 17.2 Å². The Morgan fingerprint density at radius 2 is 1.68 bits per heavy atom. The van der Waals surface area contributed by atoms with E-state index in [1.54, 1.807) is 28.4 Å². The molecule has 0 saturated heterocycles. The third-order valence-corrected chi connectivity index (χ3v) is 3.61. The van der Waals surface area contributed by atoms with Crippen LogP contribution in [0.4, 0.5) is 0 Å². The van der Waals surface area contributed by atoms with Gasteiger partial charge in [-0.3, -0.25) is 4.99 Å². The molecule has 1 rings (SSSR count). The van der Waals surface area contributed by atoms with Crippen LogP contribution in [0.3, 0.4) is 0 Å². The summed E-state index contributed by atoms with van der Waals surface area (Å²) in [5.74, 6) is 3.00. The molecule has 0 spiro atoms. The molecule has 0 atom stereocenters. The molecule has 0 heterocycles. The quantitative estimate of drug-likeness (QED) is 0.359. The molecule has 0 fully saturated rings. The number of nitrogens with zero attached hydrogens (tertiary/aromatic N) is 1. The van der Waals surface area contributed by atoms with Gasteiger partial charge in [0.25, 0.3) is 0 Å². The Morgan fingerprint density at radius 3 is 2.20 bits per heavy atom. The molecule has 25 heavy (non-hydrogen) atoms. The van der Waals surface area contributed by atoms with E-state index >= 15 is 0 Å². The van der Waals surface area contributed by atoms with Gasteiger partial charge in [0.05, 0.1) is 21.3 Å². The first-order chi connectivity index (χ1) is 12.2. The van der Waals surface area contributed by atoms with Crippen LogP contribution < -0.4 is 24.8 Å².